The van der Waals surface area contributed by atoms with E-state index in [1.165, 1.54) is 16.9 Å². The monoisotopic (exact) mass is 261 g/mol. The lowest BCUT2D eigenvalue weighted by Gasteiger charge is -2.19. The van der Waals surface area contributed by atoms with Gasteiger partial charge in [-0.25, -0.2) is 4.79 Å². The van der Waals surface area contributed by atoms with Gasteiger partial charge in [0.05, 0.1) is 0 Å². The van der Waals surface area contributed by atoms with Crippen molar-refractivity contribution >= 4 is 23.0 Å². The van der Waals surface area contributed by atoms with Gasteiger partial charge in [0.2, 0.25) is 0 Å². The van der Waals surface area contributed by atoms with Crippen LogP contribution in [0.1, 0.15) is 20.8 Å². The molecule has 0 fully saturated rings. The molecular formula is C14H15NO2S. The molecule has 0 atom stereocenters. The largest absolute Gasteiger partial charge is 0.477 e. The number of thiophene rings is 1. The van der Waals surface area contributed by atoms with Gasteiger partial charge in [-0.05, 0) is 36.1 Å². The van der Waals surface area contributed by atoms with Gasteiger partial charge in [-0.2, -0.15) is 0 Å². The van der Waals surface area contributed by atoms with Crippen molar-refractivity contribution in [3.63, 3.8) is 0 Å². The standard InChI is InChI=1S/C14H15NO2S/c1-10-3-5-12(6-4-10)15(2)9-11-7-8-18-13(11)14(16)17/h3-8H,9H2,1-2H3,(H,16,17). The van der Waals surface area contributed by atoms with E-state index in [2.05, 4.69) is 12.1 Å². The lowest BCUT2D eigenvalue weighted by Crippen LogP contribution is -2.17. The Morgan fingerprint density at radius 1 is 1.28 bits per heavy atom. The van der Waals surface area contributed by atoms with Crippen LogP contribution in [0.2, 0.25) is 0 Å². The Hall–Kier alpha value is -1.81. The summed E-state index contributed by atoms with van der Waals surface area (Å²) in [5.41, 5.74) is 3.16. The van der Waals surface area contributed by atoms with Crippen LogP contribution in [0.25, 0.3) is 0 Å². The first-order chi connectivity index (χ1) is 8.58. The van der Waals surface area contributed by atoms with Crippen molar-refractivity contribution in [2.75, 3.05) is 11.9 Å². The number of hydrogen-bond donors (Lipinski definition) is 1. The summed E-state index contributed by atoms with van der Waals surface area (Å²) in [5, 5.41) is 10.9. The van der Waals surface area contributed by atoms with Gasteiger partial charge in [-0.1, -0.05) is 17.7 Å². The molecule has 1 aromatic heterocycles. The molecule has 0 radical (unpaired) electrons. The van der Waals surface area contributed by atoms with E-state index in [1.807, 2.05) is 42.5 Å². The van der Waals surface area contributed by atoms with Gasteiger partial charge in [0.1, 0.15) is 4.88 Å². The quantitative estimate of drug-likeness (QED) is 0.917. The zero-order valence-corrected chi connectivity index (χ0v) is 11.2. The van der Waals surface area contributed by atoms with Crippen molar-refractivity contribution < 1.29 is 9.90 Å². The molecule has 0 spiro atoms. The van der Waals surface area contributed by atoms with Crippen LogP contribution in [0.5, 0.6) is 0 Å². The fraction of sp³-hybridized carbons (Fsp3) is 0.214. The van der Waals surface area contributed by atoms with Crippen molar-refractivity contribution in [1.29, 1.82) is 0 Å². The molecule has 4 heteroatoms. The second-order valence-electron chi connectivity index (χ2n) is 4.27. The maximum atomic E-state index is 11.0. The van der Waals surface area contributed by atoms with E-state index in [1.54, 1.807) is 0 Å². The Kier molecular flexibility index (Phi) is 3.67. The number of anilines is 1. The minimum Gasteiger partial charge on any atom is -0.477 e. The SMILES string of the molecule is Cc1ccc(N(C)Cc2ccsc2C(=O)O)cc1. The first kappa shape index (κ1) is 12.6. The highest BCUT2D eigenvalue weighted by molar-refractivity contribution is 7.12. The van der Waals surface area contributed by atoms with Crippen LogP contribution < -0.4 is 4.90 Å². The highest BCUT2D eigenvalue weighted by atomic mass is 32.1. The maximum absolute atomic E-state index is 11.0. The van der Waals surface area contributed by atoms with Crippen LogP contribution in [0.4, 0.5) is 5.69 Å². The summed E-state index contributed by atoms with van der Waals surface area (Å²) >= 11 is 1.27. The number of hydrogen-bond acceptors (Lipinski definition) is 3. The second kappa shape index (κ2) is 5.23. The molecule has 0 amide bonds. The summed E-state index contributed by atoms with van der Waals surface area (Å²) < 4.78 is 0. The molecule has 1 aromatic carbocycles. The molecule has 0 aliphatic rings. The van der Waals surface area contributed by atoms with Gasteiger partial charge >= 0.3 is 5.97 Å². The molecule has 18 heavy (non-hydrogen) atoms. The van der Waals surface area contributed by atoms with E-state index >= 15 is 0 Å². The van der Waals surface area contributed by atoms with E-state index in [4.69, 9.17) is 5.11 Å². The smallest absolute Gasteiger partial charge is 0.346 e. The Morgan fingerprint density at radius 3 is 2.56 bits per heavy atom. The first-order valence-corrected chi connectivity index (χ1v) is 6.53. The Balaban J connectivity index is 2.16. The zero-order valence-electron chi connectivity index (χ0n) is 10.4. The lowest BCUT2D eigenvalue weighted by molar-refractivity contribution is 0.0701. The van der Waals surface area contributed by atoms with Crippen LogP contribution in [-0.4, -0.2) is 18.1 Å². The third-order valence-electron chi connectivity index (χ3n) is 2.82. The van der Waals surface area contributed by atoms with E-state index in [9.17, 15) is 4.79 Å². The molecular weight excluding hydrogens is 246 g/mol. The van der Waals surface area contributed by atoms with Gasteiger partial charge in [0.25, 0.3) is 0 Å². The minimum atomic E-state index is -0.850. The van der Waals surface area contributed by atoms with Gasteiger partial charge < -0.3 is 10.0 Å². The third-order valence-corrected chi connectivity index (χ3v) is 3.77. The van der Waals surface area contributed by atoms with E-state index < -0.39 is 5.97 Å². The first-order valence-electron chi connectivity index (χ1n) is 5.65. The van der Waals surface area contributed by atoms with Gasteiger partial charge in [-0.3, -0.25) is 0 Å². The molecule has 94 valence electrons. The van der Waals surface area contributed by atoms with Crippen LogP contribution in [0.3, 0.4) is 0 Å². The van der Waals surface area contributed by atoms with Gasteiger partial charge in [-0.15, -0.1) is 11.3 Å². The van der Waals surface area contributed by atoms with Crippen molar-refractivity contribution in [3.8, 4) is 0 Å². The summed E-state index contributed by atoms with van der Waals surface area (Å²) in [5.74, 6) is -0.850. The van der Waals surface area contributed by atoms with E-state index in [-0.39, 0.29) is 0 Å². The highest BCUT2D eigenvalue weighted by Crippen LogP contribution is 2.21. The maximum Gasteiger partial charge on any atom is 0.346 e. The normalized spacial score (nSPS) is 10.3. The molecule has 2 aromatic rings. The molecule has 0 aliphatic carbocycles. The van der Waals surface area contributed by atoms with Crippen molar-refractivity contribution in [2.45, 2.75) is 13.5 Å². The molecule has 0 saturated heterocycles. The molecule has 0 bridgehead atoms. The molecule has 0 saturated carbocycles. The number of nitrogens with zero attached hydrogens (tertiary/aromatic N) is 1. The highest BCUT2D eigenvalue weighted by Gasteiger charge is 2.13. The van der Waals surface area contributed by atoms with Crippen LogP contribution >= 0.6 is 11.3 Å². The summed E-state index contributed by atoms with van der Waals surface area (Å²) in [6.07, 6.45) is 0. The Labute approximate surface area is 110 Å². The number of rotatable bonds is 4. The molecule has 0 unspecified atom stereocenters. The van der Waals surface area contributed by atoms with Crippen molar-refractivity contribution in [1.82, 2.24) is 0 Å². The second-order valence-corrected chi connectivity index (χ2v) is 5.19. The Morgan fingerprint density at radius 2 is 1.94 bits per heavy atom. The fourth-order valence-corrected chi connectivity index (χ4v) is 2.55. The molecule has 0 aliphatic heterocycles. The number of carboxylic acids is 1. The topological polar surface area (TPSA) is 40.5 Å². The predicted octanol–water partition coefficient (Wildman–Crippen LogP) is 3.39. The summed E-state index contributed by atoms with van der Waals surface area (Å²) in [6.45, 7) is 2.65. The third kappa shape index (κ3) is 2.71. The van der Waals surface area contributed by atoms with E-state index in [0.29, 0.717) is 11.4 Å². The Bertz CT molecular complexity index is 545. The number of benzene rings is 1. The van der Waals surface area contributed by atoms with Crippen LogP contribution in [-0.2, 0) is 6.54 Å². The fourth-order valence-electron chi connectivity index (χ4n) is 1.79. The average Bonchev–Trinajstić information content (AvgIpc) is 2.78. The number of aromatic carboxylic acids is 1. The summed E-state index contributed by atoms with van der Waals surface area (Å²) in [4.78, 5) is 13.5. The van der Waals surface area contributed by atoms with Crippen molar-refractivity contribution in [2.24, 2.45) is 0 Å². The lowest BCUT2D eigenvalue weighted by atomic mass is 10.2. The number of carbonyl (C=O) groups is 1. The predicted molar refractivity (Wildman–Crippen MR) is 74.6 cm³/mol. The summed E-state index contributed by atoms with van der Waals surface area (Å²) in [6, 6.07) is 10.1. The zero-order chi connectivity index (χ0) is 13.1. The van der Waals surface area contributed by atoms with Crippen LogP contribution in [0.15, 0.2) is 35.7 Å². The average molecular weight is 261 g/mol. The number of carboxylic acid groups (broad SMARTS) is 1. The van der Waals surface area contributed by atoms with Crippen molar-refractivity contribution in [3.05, 3.63) is 51.7 Å². The molecule has 2 rings (SSSR count). The minimum absolute atomic E-state index is 0.425. The number of aryl methyl sites for hydroxylation is 1. The molecule has 1 N–H and O–H groups in total. The summed E-state index contributed by atoms with van der Waals surface area (Å²) in [7, 11) is 1.97. The van der Waals surface area contributed by atoms with Crippen LogP contribution in [0, 0.1) is 6.92 Å². The van der Waals surface area contributed by atoms with Gasteiger partial charge in [0, 0.05) is 19.3 Å². The van der Waals surface area contributed by atoms with E-state index in [0.717, 1.165) is 11.3 Å². The molecule has 3 nitrogen and oxygen atoms in total. The molecule has 1 heterocycles. The van der Waals surface area contributed by atoms with Gasteiger partial charge in [0.15, 0.2) is 0 Å².